The first-order valence-electron chi connectivity index (χ1n) is 10.4. The molecule has 0 spiro atoms. The van der Waals surface area contributed by atoms with Crippen LogP contribution in [0.15, 0.2) is 71.3 Å². The van der Waals surface area contributed by atoms with Gasteiger partial charge < -0.3 is 4.90 Å². The van der Waals surface area contributed by atoms with Gasteiger partial charge in [-0.15, -0.1) is 0 Å². The number of amides is 2. The molecule has 0 atom stereocenters. The summed E-state index contributed by atoms with van der Waals surface area (Å²) in [6.45, 7) is 5.07. The normalized spacial score (nSPS) is 19.2. The average molecular weight is 482 g/mol. The maximum Gasteiger partial charge on any atom is 0.282 e. The molecule has 0 N–H and O–H groups in total. The lowest BCUT2D eigenvalue weighted by atomic mass is 10.1. The minimum absolute atomic E-state index is 0.223. The summed E-state index contributed by atoms with van der Waals surface area (Å²) in [5.41, 5.74) is 2.13. The Kier molecular flexibility index (Phi) is 6.74. The van der Waals surface area contributed by atoms with E-state index in [2.05, 4.69) is 0 Å². The van der Waals surface area contributed by atoms with Gasteiger partial charge in [0.05, 0.1) is 5.69 Å². The van der Waals surface area contributed by atoms with Crippen molar-refractivity contribution in [3.8, 4) is 0 Å². The standard InChI is InChI=1S/C24H23N3O2S3/c1-16(2)15-26-22(29)20(32-24(26)31)19-21(28)27(18-11-7-4-8-12-18)23(30)25(19)14-13-17-9-5-3-6-10-17/h3-12,16H,13-15H2,1-2H3/b20-19+. The second-order valence-electron chi connectivity index (χ2n) is 8.00. The Bertz CT molecular complexity index is 1100. The summed E-state index contributed by atoms with van der Waals surface area (Å²) in [5, 5.41) is 0.376. The van der Waals surface area contributed by atoms with Crippen molar-refractivity contribution in [1.29, 1.82) is 0 Å². The van der Waals surface area contributed by atoms with E-state index < -0.39 is 0 Å². The molecule has 8 heteroatoms. The van der Waals surface area contributed by atoms with Crippen LogP contribution < -0.4 is 4.90 Å². The first-order chi connectivity index (χ1) is 15.4. The molecule has 32 heavy (non-hydrogen) atoms. The summed E-state index contributed by atoms with van der Waals surface area (Å²) in [7, 11) is 0. The highest BCUT2D eigenvalue weighted by molar-refractivity contribution is 8.26. The molecule has 2 saturated heterocycles. The number of para-hydroxylation sites is 1. The fraction of sp³-hybridized carbons (Fsp3) is 0.250. The van der Waals surface area contributed by atoms with Gasteiger partial charge in [0.2, 0.25) is 0 Å². The lowest BCUT2D eigenvalue weighted by Crippen LogP contribution is -2.34. The number of rotatable bonds is 6. The molecule has 0 saturated carbocycles. The zero-order chi connectivity index (χ0) is 22.8. The van der Waals surface area contributed by atoms with E-state index in [0.717, 1.165) is 5.56 Å². The molecule has 2 aromatic rings. The van der Waals surface area contributed by atoms with Gasteiger partial charge in [0.1, 0.15) is 14.9 Å². The van der Waals surface area contributed by atoms with Gasteiger partial charge >= 0.3 is 0 Å². The molecule has 4 rings (SSSR count). The lowest BCUT2D eigenvalue weighted by Gasteiger charge is -2.21. The van der Waals surface area contributed by atoms with Gasteiger partial charge in [-0.2, -0.15) is 0 Å². The van der Waals surface area contributed by atoms with Crippen molar-refractivity contribution in [2.24, 2.45) is 5.92 Å². The molecular formula is C24H23N3O2S3. The van der Waals surface area contributed by atoms with Crippen LogP contribution in [0.1, 0.15) is 19.4 Å². The van der Waals surface area contributed by atoms with Crippen molar-refractivity contribution in [3.05, 3.63) is 76.8 Å². The zero-order valence-corrected chi connectivity index (χ0v) is 20.3. The second kappa shape index (κ2) is 9.52. The van der Waals surface area contributed by atoms with E-state index in [1.807, 2.05) is 74.5 Å². The number of thiocarbonyl (C=S) groups is 2. The Morgan fingerprint density at radius 1 is 0.875 bits per heavy atom. The van der Waals surface area contributed by atoms with Crippen LogP contribution in [0.3, 0.4) is 0 Å². The molecule has 2 aromatic carbocycles. The molecule has 164 valence electrons. The van der Waals surface area contributed by atoms with E-state index in [4.69, 9.17) is 24.4 Å². The summed E-state index contributed by atoms with van der Waals surface area (Å²) >= 11 is 12.4. The van der Waals surface area contributed by atoms with Crippen molar-refractivity contribution in [2.75, 3.05) is 18.0 Å². The molecule has 2 amide bonds. The highest BCUT2D eigenvalue weighted by Crippen LogP contribution is 2.39. The number of hydrogen-bond donors (Lipinski definition) is 0. The summed E-state index contributed by atoms with van der Waals surface area (Å²) < 4.78 is 0.478. The van der Waals surface area contributed by atoms with Gasteiger partial charge in [0.15, 0.2) is 5.11 Å². The minimum Gasteiger partial charge on any atom is -0.312 e. The molecule has 2 aliphatic rings. The van der Waals surface area contributed by atoms with E-state index in [0.29, 0.717) is 45.2 Å². The van der Waals surface area contributed by atoms with Crippen molar-refractivity contribution >= 4 is 63.1 Å². The van der Waals surface area contributed by atoms with Crippen molar-refractivity contribution < 1.29 is 9.59 Å². The van der Waals surface area contributed by atoms with Gasteiger partial charge in [0, 0.05) is 13.1 Å². The summed E-state index contributed by atoms with van der Waals surface area (Å²) in [5.74, 6) is -0.254. The van der Waals surface area contributed by atoms with E-state index >= 15 is 0 Å². The Balaban J connectivity index is 1.73. The van der Waals surface area contributed by atoms with Crippen LogP contribution in [-0.2, 0) is 16.0 Å². The molecule has 2 aliphatic heterocycles. The summed E-state index contributed by atoms with van der Waals surface area (Å²) in [4.78, 5) is 32.1. The first-order valence-corrected chi connectivity index (χ1v) is 12.0. The highest BCUT2D eigenvalue weighted by Gasteiger charge is 2.45. The third kappa shape index (κ3) is 4.35. The largest absolute Gasteiger partial charge is 0.312 e. The molecule has 2 fully saturated rings. The Labute approximate surface area is 203 Å². The summed E-state index contributed by atoms with van der Waals surface area (Å²) in [6.07, 6.45) is 0.687. The van der Waals surface area contributed by atoms with Crippen LogP contribution in [0, 0.1) is 5.92 Å². The topological polar surface area (TPSA) is 43.9 Å². The molecule has 0 aromatic heterocycles. The van der Waals surface area contributed by atoms with Crippen molar-refractivity contribution in [2.45, 2.75) is 20.3 Å². The van der Waals surface area contributed by atoms with Gasteiger partial charge in [-0.1, -0.05) is 86.4 Å². The molecule has 0 bridgehead atoms. The van der Waals surface area contributed by atoms with Crippen LogP contribution in [0.25, 0.3) is 0 Å². The molecule has 2 heterocycles. The lowest BCUT2D eigenvalue weighted by molar-refractivity contribution is -0.123. The number of hydrogen-bond acceptors (Lipinski definition) is 5. The van der Waals surface area contributed by atoms with Crippen molar-refractivity contribution in [1.82, 2.24) is 9.80 Å². The maximum atomic E-state index is 13.6. The van der Waals surface area contributed by atoms with Crippen LogP contribution in [0.5, 0.6) is 0 Å². The third-order valence-corrected chi connectivity index (χ3v) is 7.03. The Morgan fingerprint density at radius 3 is 2.12 bits per heavy atom. The highest BCUT2D eigenvalue weighted by atomic mass is 32.2. The van der Waals surface area contributed by atoms with Crippen LogP contribution in [-0.4, -0.2) is 44.1 Å². The quantitative estimate of drug-likeness (QED) is 0.444. The van der Waals surface area contributed by atoms with Crippen molar-refractivity contribution in [3.63, 3.8) is 0 Å². The third-order valence-electron chi connectivity index (χ3n) is 5.19. The number of carbonyl (C=O) groups excluding carboxylic acids is 2. The Morgan fingerprint density at radius 2 is 1.50 bits per heavy atom. The second-order valence-corrected chi connectivity index (χ2v) is 10.0. The number of carbonyl (C=O) groups is 2. The first kappa shape index (κ1) is 22.6. The number of anilines is 1. The van der Waals surface area contributed by atoms with Gasteiger partial charge in [-0.05, 0) is 42.3 Å². The monoisotopic (exact) mass is 481 g/mol. The maximum absolute atomic E-state index is 13.6. The predicted octanol–water partition coefficient (Wildman–Crippen LogP) is 4.59. The van der Waals surface area contributed by atoms with E-state index in [1.54, 1.807) is 9.80 Å². The van der Waals surface area contributed by atoms with Crippen LogP contribution in [0.4, 0.5) is 5.69 Å². The summed E-state index contributed by atoms with van der Waals surface area (Å²) in [6, 6.07) is 19.3. The van der Waals surface area contributed by atoms with E-state index in [9.17, 15) is 9.59 Å². The molecule has 0 aliphatic carbocycles. The molecule has 0 unspecified atom stereocenters. The van der Waals surface area contributed by atoms with Gasteiger partial charge in [-0.3, -0.25) is 19.4 Å². The van der Waals surface area contributed by atoms with Gasteiger partial charge in [-0.25, -0.2) is 0 Å². The number of thioether (sulfide) groups is 1. The fourth-order valence-electron chi connectivity index (χ4n) is 3.71. The molecular weight excluding hydrogens is 458 g/mol. The van der Waals surface area contributed by atoms with Gasteiger partial charge in [0.25, 0.3) is 11.8 Å². The fourth-order valence-corrected chi connectivity index (χ4v) is 5.42. The predicted molar refractivity (Wildman–Crippen MR) is 137 cm³/mol. The number of nitrogens with zero attached hydrogens (tertiary/aromatic N) is 3. The van der Waals surface area contributed by atoms with Crippen LogP contribution >= 0.6 is 36.2 Å². The SMILES string of the molecule is CC(C)CN1C(=O)/C(=C2/C(=O)N(c3ccccc3)C(=S)N2CCc2ccccc2)SC1=S. The minimum atomic E-state index is -0.292. The molecule has 0 radical (unpaired) electrons. The molecule has 5 nitrogen and oxygen atoms in total. The number of benzene rings is 2. The van der Waals surface area contributed by atoms with E-state index in [-0.39, 0.29) is 17.7 Å². The zero-order valence-electron chi connectivity index (χ0n) is 17.9. The van der Waals surface area contributed by atoms with Crippen LogP contribution in [0.2, 0.25) is 0 Å². The van der Waals surface area contributed by atoms with E-state index in [1.165, 1.54) is 16.7 Å². The Hall–Kier alpha value is -2.55. The average Bonchev–Trinajstić information content (AvgIpc) is 3.19. The smallest absolute Gasteiger partial charge is 0.282 e.